The smallest absolute Gasteiger partial charge is 0.241 e. The molecule has 1 aliphatic rings. The van der Waals surface area contributed by atoms with Gasteiger partial charge in [0.1, 0.15) is 5.25 Å². The van der Waals surface area contributed by atoms with Crippen molar-refractivity contribution in [2.24, 2.45) is 0 Å². The SMILES string of the molecule is CN1CCC(S(=O)(=O)c2cc(Br)ccc2N)C1=O. The van der Waals surface area contributed by atoms with Gasteiger partial charge in [0.2, 0.25) is 5.91 Å². The van der Waals surface area contributed by atoms with Gasteiger partial charge in [0, 0.05) is 18.1 Å². The van der Waals surface area contributed by atoms with Gasteiger partial charge in [-0.05, 0) is 24.6 Å². The number of hydrogen-bond acceptors (Lipinski definition) is 4. The van der Waals surface area contributed by atoms with E-state index in [-0.39, 0.29) is 16.5 Å². The summed E-state index contributed by atoms with van der Waals surface area (Å²) in [4.78, 5) is 13.3. The molecule has 18 heavy (non-hydrogen) atoms. The highest BCUT2D eigenvalue weighted by Gasteiger charge is 2.41. The summed E-state index contributed by atoms with van der Waals surface area (Å²) < 4.78 is 25.4. The van der Waals surface area contributed by atoms with Crippen molar-refractivity contribution < 1.29 is 13.2 Å². The minimum absolute atomic E-state index is 0.0190. The molecule has 0 radical (unpaired) electrons. The van der Waals surface area contributed by atoms with Crippen LogP contribution in [0.2, 0.25) is 0 Å². The number of halogens is 1. The van der Waals surface area contributed by atoms with Crippen molar-refractivity contribution in [3.8, 4) is 0 Å². The van der Waals surface area contributed by atoms with Gasteiger partial charge in [0.05, 0.1) is 10.6 Å². The molecule has 1 heterocycles. The maximum atomic E-state index is 12.4. The number of carbonyl (C=O) groups excluding carboxylic acids is 1. The lowest BCUT2D eigenvalue weighted by Gasteiger charge is -2.13. The monoisotopic (exact) mass is 332 g/mol. The van der Waals surface area contributed by atoms with Crippen LogP contribution in [0.4, 0.5) is 5.69 Å². The molecule has 0 aliphatic carbocycles. The highest BCUT2D eigenvalue weighted by Crippen LogP contribution is 2.30. The number of nitrogens with zero attached hydrogens (tertiary/aromatic N) is 1. The molecule has 2 N–H and O–H groups in total. The molecule has 1 amide bonds. The Bertz CT molecular complexity index is 600. The van der Waals surface area contributed by atoms with Gasteiger partial charge in [0.25, 0.3) is 0 Å². The zero-order chi connectivity index (χ0) is 13.5. The van der Waals surface area contributed by atoms with E-state index in [0.29, 0.717) is 17.4 Å². The highest BCUT2D eigenvalue weighted by molar-refractivity contribution is 9.10. The number of carbonyl (C=O) groups is 1. The first-order valence-electron chi connectivity index (χ1n) is 5.38. The number of hydrogen-bond donors (Lipinski definition) is 1. The Morgan fingerprint density at radius 2 is 2.11 bits per heavy atom. The zero-order valence-electron chi connectivity index (χ0n) is 9.76. The number of anilines is 1. The Morgan fingerprint density at radius 3 is 2.67 bits per heavy atom. The number of nitrogens with two attached hydrogens (primary N) is 1. The fourth-order valence-corrected chi connectivity index (χ4v) is 4.35. The number of nitrogen functional groups attached to an aromatic ring is 1. The largest absolute Gasteiger partial charge is 0.398 e. The molecule has 1 atom stereocenters. The highest BCUT2D eigenvalue weighted by atomic mass is 79.9. The molecule has 1 fully saturated rings. The molecule has 1 saturated heterocycles. The van der Waals surface area contributed by atoms with Gasteiger partial charge >= 0.3 is 0 Å². The number of sulfone groups is 1. The van der Waals surface area contributed by atoms with Crippen LogP contribution in [0, 0.1) is 0 Å². The Kier molecular flexibility index (Phi) is 3.37. The van der Waals surface area contributed by atoms with E-state index in [4.69, 9.17) is 5.73 Å². The van der Waals surface area contributed by atoms with Crippen LogP contribution in [0.15, 0.2) is 27.6 Å². The van der Waals surface area contributed by atoms with Gasteiger partial charge in [-0.3, -0.25) is 4.79 Å². The summed E-state index contributed by atoms with van der Waals surface area (Å²) in [5, 5.41) is -1.01. The minimum atomic E-state index is -3.72. The first-order chi connectivity index (χ1) is 8.34. The summed E-state index contributed by atoms with van der Waals surface area (Å²) in [7, 11) is -2.12. The average molecular weight is 333 g/mol. The van der Waals surface area contributed by atoms with Crippen LogP contribution in [0.3, 0.4) is 0 Å². The maximum absolute atomic E-state index is 12.4. The van der Waals surface area contributed by atoms with E-state index in [1.165, 1.54) is 17.0 Å². The van der Waals surface area contributed by atoms with Gasteiger partial charge in [-0.1, -0.05) is 15.9 Å². The Hall–Kier alpha value is -1.08. The molecule has 0 spiro atoms. The van der Waals surface area contributed by atoms with Crippen molar-refractivity contribution in [2.45, 2.75) is 16.6 Å². The number of amides is 1. The third-order valence-electron chi connectivity index (χ3n) is 3.04. The molecule has 1 aromatic carbocycles. The number of rotatable bonds is 2. The molecule has 0 saturated carbocycles. The number of benzene rings is 1. The van der Waals surface area contributed by atoms with Crippen molar-refractivity contribution in [1.29, 1.82) is 0 Å². The fourth-order valence-electron chi connectivity index (χ4n) is 1.99. The number of likely N-dealkylation sites (tertiary alicyclic amines) is 1. The summed E-state index contributed by atoms with van der Waals surface area (Å²) in [6.07, 6.45) is 0.309. The van der Waals surface area contributed by atoms with Crippen LogP contribution in [0.1, 0.15) is 6.42 Å². The van der Waals surface area contributed by atoms with Crippen molar-refractivity contribution >= 4 is 37.4 Å². The van der Waals surface area contributed by atoms with Crippen LogP contribution in [-0.4, -0.2) is 38.1 Å². The van der Waals surface area contributed by atoms with Gasteiger partial charge in [-0.2, -0.15) is 0 Å². The molecule has 5 nitrogen and oxygen atoms in total. The first kappa shape index (κ1) is 13.4. The Balaban J connectivity index is 2.49. The fraction of sp³-hybridized carbons (Fsp3) is 0.364. The zero-order valence-corrected chi connectivity index (χ0v) is 12.2. The van der Waals surface area contributed by atoms with Crippen LogP contribution < -0.4 is 5.73 Å². The third kappa shape index (κ3) is 2.12. The van der Waals surface area contributed by atoms with Gasteiger partial charge in [0.15, 0.2) is 9.84 Å². The first-order valence-corrected chi connectivity index (χ1v) is 7.72. The minimum Gasteiger partial charge on any atom is -0.398 e. The molecule has 7 heteroatoms. The third-order valence-corrected chi connectivity index (χ3v) is 5.68. The van der Waals surface area contributed by atoms with Crippen LogP contribution in [0.25, 0.3) is 0 Å². The topological polar surface area (TPSA) is 80.5 Å². The van der Waals surface area contributed by atoms with E-state index >= 15 is 0 Å². The van der Waals surface area contributed by atoms with E-state index in [2.05, 4.69) is 15.9 Å². The second-order valence-corrected chi connectivity index (χ2v) is 7.28. The quantitative estimate of drug-likeness (QED) is 0.820. The van der Waals surface area contributed by atoms with Gasteiger partial charge in [-0.25, -0.2) is 8.42 Å². The molecular weight excluding hydrogens is 320 g/mol. The van der Waals surface area contributed by atoms with Crippen molar-refractivity contribution in [1.82, 2.24) is 4.90 Å². The van der Waals surface area contributed by atoms with Crippen LogP contribution in [0.5, 0.6) is 0 Å². The van der Waals surface area contributed by atoms with Crippen molar-refractivity contribution in [3.05, 3.63) is 22.7 Å². The summed E-state index contributed by atoms with van der Waals surface area (Å²) in [6, 6.07) is 4.62. The summed E-state index contributed by atoms with van der Waals surface area (Å²) in [5.74, 6) is -0.366. The second kappa shape index (κ2) is 4.55. The molecule has 0 bridgehead atoms. The summed E-state index contributed by atoms with van der Waals surface area (Å²) in [5.41, 5.74) is 5.87. The lowest BCUT2D eigenvalue weighted by atomic mass is 10.3. The predicted octanol–water partition coefficient (Wildman–Crippen LogP) is 1.04. The average Bonchev–Trinajstić information content (AvgIpc) is 2.63. The molecule has 98 valence electrons. The van der Waals surface area contributed by atoms with E-state index in [9.17, 15) is 13.2 Å². The van der Waals surface area contributed by atoms with Crippen molar-refractivity contribution in [2.75, 3.05) is 19.3 Å². The normalized spacial score (nSPS) is 20.4. The maximum Gasteiger partial charge on any atom is 0.241 e. The van der Waals surface area contributed by atoms with Crippen LogP contribution in [-0.2, 0) is 14.6 Å². The Labute approximate surface area is 114 Å². The summed E-state index contributed by atoms with van der Waals surface area (Å²) >= 11 is 3.21. The Morgan fingerprint density at radius 1 is 1.44 bits per heavy atom. The lowest BCUT2D eigenvalue weighted by molar-refractivity contribution is -0.126. The molecule has 1 unspecified atom stereocenters. The van der Waals surface area contributed by atoms with Gasteiger partial charge < -0.3 is 10.6 Å². The molecular formula is C11H13BrN2O3S. The molecule has 1 aromatic rings. The predicted molar refractivity (Wildman–Crippen MR) is 71.8 cm³/mol. The van der Waals surface area contributed by atoms with E-state index in [0.717, 1.165) is 0 Å². The summed E-state index contributed by atoms with van der Waals surface area (Å²) in [6.45, 7) is 0.455. The van der Waals surface area contributed by atoms with E-state index < -0.39 is 15.1 Å². The van der Waals surface area contributed by atoms with Crippen molar-refractivity contribution in [3.63, 3.8) is 0 Å². The van der Waals surface area contributed by atoms with Crippen LogP contribution >= 0.6 is 15.9 Å². The molecule has 1 aliphatic heterocycles. The molecule has 2 rings (SSSR count). The van der Waals surface area contributed by atoms with Gasteiger partial charge in [-0.15, -0.1) is 0 Å². The standard InChI is InChI=1S/C11H13BrN2O3S/c1-14-5-4-9(11(14)15)18(16,17)10-6-7(12)2-3-8(10)13/h2-3,6,9H,4-5,13H2,1H3. The van der Waals surface area contributed by atoms with E-state index in [1.807, 2.05) is 0 Å². The van der Waals surface area contributed by atoms with E-state index in [1.54, 1.807) is 13.1 Å². The second-order valence-electron chi connectivity index (χ2n) is 4.26. The lowest BCUT2D eigenvalue weighted by Crippen LogP contribution is -2.32. The molecule has 0 aromatic heterocycles.